The summed E-state index contributed by atoms with van der Waals surface area (Å²) in [7, 11) is 2.81. The van der Waals surface area contributed by atoms with Gasteiger partial charge in [0.25, 0.3) is 0 Å². The van der Waals surface area contributed by atoms with Gasteiger partial charge in [0.15, 0.2) is 0 Å². The minimum Gasteiger partial charge on any atom is -0.369 e. The van der Waals surface area contributed by atoms with Crippen LogP contribution >= 0.6 is 12.1 Å². The van der Waals surface area contributed by atoms with Crippen LogP contribution in [0.1, 0.15) is 0 Å². The van der Waals surface area contributed by atoms with Gasteiger partial charge < -0.3 is 4.74 Å². The number of carbonyl (C=O) groups is 1. The maximum atomic E-state index is 11.7. The van der Waals surface area contributed by atoms with E-state index in [0.29, 0.717) is 0 Å². The Morgan fingerprint density at radius 3 is 2.90 bits per heavy atom. The monoisotopic (exact) mass is 168 g/mol. The van der Waals surface area contributed by atoms with Crippen LogP contribution in [0.15, 0.2) is 0 Å². The molecule has 0 bridgehead atoms. The van der Waals surface area contributed by atoms with E-state index in [1.54, 1.807) is 0 Å². The van der Waals surface area contributed by atoms with Crippen molar-refractivity contribution in [3.05, 3.63) is 0 Å². The number of hydrogen-bond acceptors (Lipinski definition) is 4. The molecule has 0 saturated heterocycles. The van der Waals surface area contributed by atoms with Crippen LogP contribution in [0.25, 0.3) is 0 Å². The molecule has 0 aromatic carbocycles. The van der Waals surface area contributed by atoms with Gasteiger partial charge in [-0.05, 0) is 0 Å². The first-order chi connectivity index (χ1) is 4.68. The molecule has 0 unspecified atom stereocenters. The Morgan fingerprint density at radius 2 is 2.50 bits per heavy atom. The highest BCUT2D eigenvalue weighted by molar-refractivity contribution is 7.95. The van der Waals surface area contributed by atoms with Crippen LogP contribution < -0.4 is 4.72 Å². The zero-order valence-corrected chi connectivity index (χ0v) is 6.57. The van der Waals surface area contributed by atoms with E-state index >= 15 is 0 Å². The first kappa shape index (κ1) is 9.67. The van der Waals surface area contributed by atoms with Crippen molar-refractivity contribution >= 4 is 18.3 Å². The second-order valence-corrected chi connectivity index (χ2v) is 2.44. The standard InChI is InChI=1S/C4H9FN2O2S/c1-7(4(5)8)10-6-3-9-2/h6H,3H2,1-2H3. The third-order valence-electron chi connectivity index (χ3n) is 0.652. The van der Waals surface area contributed by atoms with Crippen LogP contribution in [0.2, 0.25) is 0 Å². The Bertz CT molecular complexity index is 113. The number of methoxy groups -OCH3 is 1. The fourth-order valence-electron chi connectivity index (χ4n) is 0.218. The Morgan fingerprint density at radius 1 is 1.90 bits per heavy atom. The molecular weight excluding hydrogens is 159 g/mol. The molecule has 0 aromatic heterocycles. The number of halogens is 1. The van der Waals surface area contributed by atoms with Crippen LogP contribution in [0.5, 0.6) is 0 Å². The topological polar surface area (TPSA) is 41.6 Å². The highest BCUT2D eigenvalue weighted by Gasteiger charge is 2.04. The number of hydrogen-bond donors (Lipinski definition) is 1. The van der Waals surface area contributed by atoms with Gasteiger partial charge >= 0.3 is 6.16 Å². The van der Waals surface area contributed by atoms with Gasteiger partial charge in [-0.2, -0.15) is 0 Å². The summed E-state index contributed by atoms with van der Waals surface area (Å²) >= 11 is 0.843. The molecule has 60 valence electrons. The van der Waals surface area contributed by atoms with E-state index < -0.39 is 6.16 Å². The van der Waals surface area contributed by atoms with Crippen molar-refractivity contribution in [2.75, 3.05) is 20.9 Å². The summed E-state index contributed by atoms with van der Waals surface area (Å²) in [6.45, 7) is 0.266. The lowest BCUT2D eigenvalue weighted by Crippen LogP contribution is -2.20. The first-order valence-corrected chi connectivity index (χ1v) is 3.27. The number of rotatable bonds is 4. The number of nitrogens with one attached hydrogen (secondary N) is 1. The van der Waals surface area contributed by atoms with Gasteiger partial charge in [-0.1, -0.05) is 0 Å². The summed E-state index contributed by atoms with van der Waals surface area (Å²) in [6, 6.07) is 0. The lowest BCUT2D eigenvalue weighted by molar-refractivity contribution is 0.194. The normalized spacial score (nSPS) is 9.50. The lowest BCUT2D eigenvalue weighted by Gasteiger charge is -2.09. The van der Waals surface area contributed by atoms with Gasteiger partial charge in [-0.3, -0.25) is 0 Å². The zero-order chi connectivity index (χ0) is 7.98. The van der Waals surface area contributed by atoms with E-state index in [2.05, 4.69) is 9.46 Å². The molecule has 1 amide bonds. The van der Waals surface area contributed by atoms with Crippen LogP contribution in [0.4, 0.5) is 9.18 Å². The van der Waals surface area contributed by atoms with Gasteiger partial charge in [0.2, 0.25) is 0 Å². The fourth-order valence-corrected chi connectivity index (χ4v) is 0.654. The predicted octanol–water partition coefficient (Wildman–Crippen LogP) is 0.764. The molecule has 0 spiro atoms. The zero-order valence-electron chi connectivity index (χ0n) is 5.76. The van der Waals surface area contributed by atoms with E-state index in [-0.39, 0.29) is 6.73 Å². The maximum Gasteiger partial charge on any atom is 0.410 e. The molecule has 0 saturated carbocycles. The lowest BCUT2D eigenvalue weighted by atomic mass is 11.2. The Balaban J connectivity index is 3.21. The van der Waals surface area contributed by atoms with Crippen LogP contribution in [-0.4, -0.2) is 31.4 Å². The smallest absolute Gasteiger partial charge is 0.369 e. The summed E-state index contributed by atoms with van der Waals surface area (Å²) in [5.41, 5.74) is 0. The molecule has 1 N–H and O–H groups in total. The van der Waals surface area contributed by atoms with E-state index in [0.717, 1.165) is 16.4 Å². The minimum atomic E-state index is -1.49. The highest BCUT2D eigenvalue weighted by atomic mass is 32.2. The second kappa shape index (κ2) is 5.45. The molecule has 0 atom stereocenters. The van der Waals surface area contributed by atoms with Crippen molar-refractivity contribution in [1.29, 1.82) is 0 Å². The van der Waals surface area contributed by atoms with E-state index in [4.69, 9.17) is 0 Å². The molecule has 0 radical (unpaired) electrons. The van der Waals surface area contributed by atoms with E-state index in [1.807, 2.05) is 0 Å². The summed E-state index contributed by atoms with van der Waals surface area (Å²) < 4.78 is 19.7. The van der Waals surface area contributed by atoms with Crippen LogP contribution in [0, 0.1) is 0 Å². The molecule has 0 fully saturated rings. The van der Waals surface area contributed by atoms with Crippen molar-refractivity contribution < 1.29 is 13.9 Å². The molecule has 6 heteroatoms. The quantitative estimate of drug-likeness (QED) is 0.221. The average Bonchev–Trinajstić information content (AvgIpc) is 1.88. The number of carbonyl (C=O) groups excluding carboxylic acids is 1. The average molecular weight is 168 g/mol. The molecule has 0 aliphatic heterocycles. The van der Waals surface area contributed by atoms with Gasteiger partial charge in [-0.15, -0.1) is 4.39 Å². The van der Waals surface area contributed by atoms with Gasteiger partial charge in [-0.25, -0.2) is 13.8 Å². The Kier molecular flexibility index (Phi) is 5.27. The van der Waals surface area contributed by atoms with Gasteiger partial charge in [0, 0.05) is 26.3 Å². The number of amides is 1. The maximum absolute atomic E-state index is 11.7. The SMILES string of the molecule is COCNSN(C)C(=O)F. The molecule has 4 nitrogen and oxygen atoms in total. The highest BCUT2D eigenvalue weighted by Crippen LogP contribution is 2.02. The summed E-state index contributed by atoms with van der Waals surface area (Å²) in [4.78, 5) is 9.90. The molecule has 10 heavy (non-hydrogen) atoms. The summed E-state index contributed by atoms with van der Waals surface area (Å²) in [5, 5.41) is 0. The third kappa shape index (κ3) is 4.54. The predicted molar refractivity (Wildman–Crippen MR) is 36.9 cm³/mol. The molecule has 0 aliphatic carbocycles. The van der Waals surface area contributed by atoms with Crippen LogP contribution in [0.3, 0.4) is 0 Å². The fraction of sp³-hybridized carbons (Fsp3) is 0.750. The van der Waals surface area contributed by atoms with Crippen LogP contribution in [-0.2, 0) is 4.74 Å². The second-order valence-electron chi connectivity index (χ2n) is 1.42. The van der Waals surface area contributed by atoms with Crippen molar-refractivity contribution in [3.63, 3.8) is 0 Å². The summed E-state index contributed by atoms with van der Waals surface area (Å²) in [5.74, 6) is 0. The van der Waals surface area contributed by atoms with Crippen molar-refractivity contribution in [2.24, 2.45) is 0 Å². The Labute approximate surface area is 63.0 Å². The molecular formula is C4H9FN2O2S. The van der Waals surface area contributed by atoms with Crippen molar-refractivity contribution in [2.45, 2.75) is 0 Å². The minimum absolute atomic E-state index is 0.266. The number of ether oxygens (including phenoxy) is 1. The number of nitrogens with zero attached hydrogens (tertiary/aromatic N) is 1. The van der Waals surface area contributed by atoms with Crippen molar-refractivity contribution in [3.8, 4) is 0 Å². The van der Waals surface area contributed by atoms with E-state index in [1.165, 1.54) is 14.2 Å². The van der Waals surface area contributed by atoms with Gasteiger partial charge in [0.1, 0.15) is 6.73 Å². The largest absolute Gasteiger partial charge is 0.410 e. The first-order valence-electron chi connectivity index (χ1n) is 2.50. The molecule has 0 aliphatic rings. The third-order valence-corrected chi connectivity index (χ3v) is 1.32. The van der Waals surface area contributed by atoms with Crippen molar-refractivity contribution in [1.82, 2.24) is 9.03 Å². The Hall–Kier alpha value is -0.330. The van der Waals surface area contributed by atoms with E-state index in [9.17, 15) is 9.18 Å². The molecule has 0 rings (SSSR count). The molecule has 0 aromatic rings. The molecule has 0 heterocycles. The summed E-state index contributed by atoms with van der Waals surface area (Å²) in [6.07, 6.45) is -1.49. The van der Waals surface area contributed by atoms with Gasteiger partial charge in [0.05, 0.1) is 0 Å².